The second-order valence-corrected chi connectivity index (χ2v) is 5.31. The summed E-state index contributed by atoms with van der Waals surface area (Å²) in [5, 5.41) is 0. The normalized spacial score (nSPS) is 11.3. The number of aromatic nitrogens is 1. The van der Waals surface area contributed by atoms with E-state index >= 15 is 0 Å². The zero-order valence-corrected chi connectivity index (χ0v) is 12.1. The number of oxazole rings is 1. The molecule has 4 nitrogen and oxygen atoms in total. The first-order valence-electron chi connectivity index (χ1n) is 7.08. The quantitative estimate of drug-likeness (QED) is 0.730. The van der Waals surface area contributed by atoms with Crippen molar-refractivity contribution in [1.29, 1.82) is 0 Å². The van der Waals surface area contributed by atoms with Crippen LogP contribution >= 0.6 is 0 Å². The lowest BCUT2D eigenvalue weighted by Gasteiger charge is -2.14. The zero-order chi connectivity index (χ0) is 14.7. The Hall–Kier alpha value is -2.33. The Kier molecular flexibility index (Phi) is 3.88. The molecule has 0 fully saturated rings. The lowest BCUT2D eigenvalue weighted by molar-refractivity contribution is 0.296. The Morgan fingerprint density at radius 1 is 1.14 bits per heavy atom. The van der Waals surface area contributed by atoms with E-state index in [0.717, 1.165) is 30.0 Å². The van der Waals surface area contributed by atoms with Gasteiger partial charge in [-0.25, -0.2) is 4.98 Å². The Balaban J connectivity index is 1.62. The average Bonchev–Trinajstić information content (AvgIpc) is 2.87. The van der Waals surface area contributed by atoms with Crippen molar-refractivity contribution in [3.05, 3.63) is 60.0 Å². The molecular weight excluding hydrogens is 262 g/mol. The molecule has 3 rings (SSSR count). The molecule has 0 aliphatic carbocycles. The highest BCUT2D eigenvalue weighted by atomic mass is 16.3. The van der Waals surface area contributed by atoms with Crippen molar-refractivity contribution in [2.75, 3.05) is 19.3 Å². The molecule has 0 amide bonds. The third kappa shape index (κ3) is 3.41. The van der Waals surface area contributed by atoms with Crippen molar-refractivity contribution in [2.45, 2.75) is 13.0 Å². The number of hydrogen-bond donors (Lipinski definition) is 1. The zero-order valence-electron chi connectivity index (χ0n) is 12.1. The Bertz CT molecular complexity index is 721. The highest BCUT2D eigenvalue weighted by molar-refractivity contribution is 5.76. The maximum absolute atomic E-state index is 5.75. The maximum Gasteiger partial charge on any atom is 0.209 e. The van der Waals surface area contributed by atoms with Gasteiger partial charge in [-0.05, 0) is 37.2 Å². The van der Waals surface area contributed by atoms with E-state index < -0.39 is 0 Å². The Labute approximate surface area is 124 Å². The molecule has 3 aromatic rings. The van der Waals surface area contributed by atoms with Gasteiger partial charge in [0.25, 0.3) is 0 Å². The van der Waals surface area contributed by atoms with Crippen molar-refractivity contribution >= 4 is 16.8 Å². The van der Waals surface area contributed by atoms with E-state index in [2.05, 4.69) is 41.2 Å². The van der Waals surface area contributed by atoms with Crippen LogP contribution in [0, 0.1) is 0 Å². The Morgan fingerprint density at radius 3 is 2.76 bits per heavy atom. The first-order chi connectivity index (χ1) is 10.2. The van der Waals surface area contributed by atoms with Crippen LogP contribution < -0.4 is 5.73 Å². The molecule has 0 aliphatic rings. The van der Waals surface area contributed by atoms with Crippen LogP contribution in [0.2, 0.25) is 0 Å². The molecule has 1 aromatic heterocycles. The molecule has 21 heavy (non-hydrogen) atoms. The van der Waals surface area contributed by atoms with Crippen molar-refractivity contribution in [2.24, 2.45) is 0 Å². The minimum absolute atomic E-state index is 0.696. The number of benzene rings is 2. The van der Waals surface area contributed by atoms with Gasteiger partial charge < -0.3 is 10.2 Å². The van der Waals surface area contributed by atoms with Gasteiger partial charge in [-0.2, -0.15) is 0 Å². The van der Waals surface area contributed by atoms with Gasteiger partial charge in [-0.3, -0.25) is 4.90 Å². The number of likely N-dealkylation sites (N-methyl/N-ethyl adjacent to an activating group) is 1. The molecule has 0 atom stereocenters. The summed E-state index contributed by atoms with van der Waals surface area (Å²) in [6.07, 6.45) is 1.02. The summed E-state index contributed by atoms with van der Waals surface area (Å²) in [6, 6.07) is 16.0. The topological polar surface area (TPSA) is 55.3 Å². The van der Waals surface area contributed by atoms with E-state index in [9.17, 15) is 0 Å². The van der Waals surface area contributed by atoms with Gasteiger partial charge in [0.1, 0.15) is 5.52 Å². The molecule has 2 N–H and O–H groups in total. The summed E-state index contributed by atoms with van der Waals surface area (Å²) in [5.74, 6) is 0.728. The lowest BCUT2D eigenvalue weighted by atomic mass is 10.1. The van der Waals surface area contributed by atoms with Crippen LogP contribution in [-0.4, -0.2) is 23.5 Å². The molecule has 108 valence electrons. The number of nitrogen functional groups attached to an aromatic ring is 1. The lowest BCUT2D eigenvalue weighted by Crippen LogP contribution is -2.20. The second kappa shape index (κ2) is 5.97. The van der Waals surface area contributed by atoms with Gasteiger partial charge in [-0.1, -0.05) is 30.3 Å². The molecule has 0 saturated heterocycles. The van der Waals surface area contributed by atoms with Gasteiger partial charge in [-0.15, -0.1) is 0 Å². The van der Waals surface area contributed by atoms with E-state index in [1.165, 1.54) is 5.56 Å². The summed E-state index contributed by atoms with van der Waals surface area (Å²) in [6.45, 7) is 1.66. The van der Waals surface area contributed by atoms with E-state index in [0.29, 0.717) is 12.2 Å². The van der Waals surface area contributed by atoms with Gasteiger partial charge in [0.2, 0.25) is 5.89 Å². The van der Waals surface area contributed by atoms with Gasteiger partial charge in [0.05, 0.1) is 6.54 Å². The minimum Gasteiger partial charge on any atom is -0.439 e. The molecule has 0 radical (unpaired) electrons. The standard InChI is InChI=1S/C17H19N3O/c1-20(10-9-13-5-3-2-4-6-13)12-17-19-15-11-14(18)7-8-16(15)21-17/h2-8,11H,9-10,12,18H2,1H3. The van der Waals surface area contributed by atoms with Crippen LogP contribution in [0.5, 0.6) is 0 Å². The molecular formula is C17H19N3O. The summed E-state index contributed by atoms with van der Waals surface area (Å²) in [5.41, 5.74) is 9.41. The Morgan fingerprint density at radius 2 is 1.95 bits per heavy atom. The molecule has 4 heteroatoms. The number of fused-ring (bicyclic) bond motifs is 1. The highest BCUT2D eigenvalue weighted by Gasteiger charge is 2.08. The molecule has 0 spiro atoms. The fraction of sp³-hybridized carbons (Fsp3) is 0.235. The van der Waals surface area contributed by atoms with E-state index in [1.54, 1.807) is 0 Å². The van der Waals surface area contributed by atoms with Crippen LogP contribution in [0.4, 0.5) is 5.69 Å². The van der Waals surface area contributed by atoms with Crippen molar-refractivity contribution < 1.29 is 4.42 Å². The summed E-state index contributed by atoms with van der Waals surface area (Å²) in [7, 11) is 2.08. The number of nitrogens with zero attached hydrogens (tertiary/aromatic N) is 2. The van der Waals surface area contributed by atoms with Crippen LogP contribution in [0.25, 0.3) is 11.1 Å². The van der Waals surface area contributed by atoms with Crippen LogP contribution in [-0.2, 0) is 13.0 Å². The van der Waals surface area contributed by atoms with Crippen molar-refractivity contribution in [1.82, 2.24) is 9.88 Å². The molecule has 0 bridgehead atoms. The largest absolute Gasteiger partial charge is 0.439 e. The van der Waals surface area contributed by atoms with Crippen molar-refractivity contribution in [3.8, 4) is 0 Å². The molecule has 1 heterocycles. The van der Waals surface area contributed by atoms with Crippen LogP contribution in [0.1, 0.15) is 11.5 Å². The monoisotopic (exact) mass is 281 g/mol. The summed E-state index contributed by atoms with van der Waals surface area (Å²) < 4.78 is 5.74. The second-order valence-electron chi connectivity index (χ2n) is 5.31. The molecule has 0 unspecified atom stereocenters. The number of anilines is 1. The smallest absolute Gasteiger partial charge is 0.209 e. The first-order valence-corrected chi connectivity index (χ1v) is 7.08. The van der Waals surface area contributed by atoms with Crippen LogP contribution in [0.3, 0.4) is 0 Å². The summed E-state index contributed by atoms with van der Waals surface area (Å²) >= 11 is 0. The van der Waals surface area contributed by atoms with Gasteiger partial charge >= 0.3 is 0 Å². The summed E-state index contributed by atoms with van der Waals surface area (Å²) in [4.78, 5) is 6.69. The van der Waals surface area contributed by atoms with E-state index in [4.69, 9.17) is 10.2 Å². The predicted molar refractivity (Wildman–Crippen MR) is 84.9 cm³/mol. The van der Waals surface area contributed by atoms with Crippen molar-refractivity contribution in [3.63, 3.8) is 0 Å². The number of hydrogen-bond acceptors (Lipinski definition) is 4. The minimum atomic E-state index is 0.696. The van der Waals surface area contributed by atoms with Gasteiger partial charge in [0, 0.05) is 12.2 Å². The first kappa shape index (κ1) is 13.6. The van der Waals surface area contributed by atoms with Crippen LogP contribution in [0.15, 0.2) is 52.9 Å². The van der Waals surface area contributed by atoms with E-state index in [1.807, 2.05) is 24.3 Å². The average molecular weight is 281 g/mol. The molecule has 2 aromatic carbocycles. The van der Waals surface area contributed by atoms with E-state index in [-0.39, 0.29) is 0 Å². The number of nitrogens with two attached hydrogens (primary N) is 1. The number of rotatable bonds is 5. The van der Waals surface area contributed by atoms with Gasteiger partial charge in [0.15, 0.2) is 5.58 Å². The SMILES string of the molecule is CN(CCc1ccccc1)Cc1nc2cc(N)ccc2o1. The molecule has 0 saturated carbocycles. The fourth-order valence-electron chi connectivity index (χ4n) is 2.33. The fourth-order valence-corrected chi connectivity index (χ4v) is 2.33. The maximum atomic E-state index is 5.75. The predicted octanol–water partition coefficient (Wildman–Crippen LogP) is 3.08. The highest BCUT2D eigenvalue weighted by Crippen LogP contribution is 2.19. The molecule has 0 aliphatic heterocycles. The third-order valence-electron chi connectivity index (χ3n) is 3.49. The third-order valence-corrected chi connectivity index (χ3v) is 3.49.